The van der Waals surface area contributed by atoms with E-state index in [9.17, 15) is 4.39 Å². The van der Waals surface area contributed by atoms with Crippen LogP contribution in [-0.2, 0) is 6.42 Å². The van der Waals surface area contributed by atoms with Gasteiger partial charge in [0.1, 0.15) is 28.3 Å². The number of nitrogens with zero attached hydrogens (tertiary/aromatic N) is 3. The van der Waals surface area contributed by atoms with Crippen molar-refractivity contribution < 1.29 is 4.39 Å². The van der Waals surface area contributed by atoms with Gasteiger partial charge in [0.25, 0.3) is 0 Å². The zero-order valence-electron chi connectivity index (χ0n) is 15.5. The van der Waals surface area contributed by atoms with Crippen molar-refractivity contribution in [3.05, 3.63) is 70.7 Å². The van der Waals surface area contributed by atoms with Crippen LogP contribution in [0.3, 0.4) is 0 Å². The lowest BCUT2D eigenvalue weighted by Gasteiger charge is -2.33. The first-order valence-corrected chi connectivity index (χ1v) is 10.3. The Bertz CT molecular complexity index is 936. The molecule has 2 N–H and O–H groups in total. The molecule has 6 heteroatoms. The molecule has 1 aliphatic heterocycles. The summed E-state index contributed by atoms with van der Waals surface area (Å²) in [6.07, 6.45) is 4.83. The lowest BCUT2D eigenvalue weighted by molar-refractivity contribution is 0.402. The zero-order valence-corrected chi connectivity index (χ0v) is 17.1. The molecule has 1 fully saturated rings. The molecule has 0 atom stereocenters. The van der Waals surface area contributed by atoms with E-state index in [2.05, 4.69) is 55.1 Å². The molecule has 0 radical (unpaired) electrons. The summed E-state index contributed by atoms with van der Waals surface area (Å²) in [5.41, 5.74) is 9.37. The smallest absolute Gasteiger partial charge is 0.148 e. The quantitative estimate of drug-likeness (QED) is 0.613. The van der Waals surface area contributed by atoms with Crippen molar-refractivity contribution in [3.8, 4) is 11.1 Å². The Kier molecular flexibility index (Phi) is 5.57. The lowest BCUT2D eigenvalue weighted by atomic mass is 9.89. The molecule has 1 saturated heterocycles. The Morgan fingerprint density at radius 3 is 2.21 bits per heavy atom. The minimum Gasteiger partial charge on any atom is -0.383 e. The number of nitrogens with two attached hydrogens (primary N) is 1. The third kappa shape index (κ3) is 4.17. The van der Waals surface area contributed by atoms with Crippen LogP contribution in [0.4, 0.5) is 16.0 Å². The van der Waals surface area contributed by atoms with E-state index in [0.717, 1.165) is 53.8 Å². The number of piperidine rings is 1. The van der Waals surface area contributed by atoms with Gasteiger partial charge in [-0.15, -0.1) is 0 Å². The van der Waals surface area contributed by atoms with Gasteiger partial charge in [0.15, 0.2) is 0 Å². The third-order valence-electron chi connectivity index (χ3n) is 5.37. The van der Waals surface area contributed by atoms with Crippen molar-refractivity contribution in [2.24, 2.45) is 5.92 Å². The average Bonchev–Trinajstić information content (AvgIpc) is 2.72. The van der Waals surface area contributed by atoms with Gasteiger partial charge in [0.05, 0.1) is 0 Å². The largest absolute Gasteiger partial charge is 0.383 e. The van der Waals surface area contributed by atoms with Crippen LogP contribution in [0.2, 0.25) is 0 Å². The van der Waals surface area contributed by atoms with Crippen molar-refractivity contribution in [1.82, 2.24) is 9.97 Å². The number of hydrogen-bond donors (Lipinski definition) is 1. The first-order valence-electron chi connectivity index (χ1n) is 9.46. The molecule has 0 aliphatic carbocycles. The molecular formula is C22H22BrFN4. The normalized spacial score (nSPS) is 15.0. The predicted molar refractivity (Wildman–Crippen MR) is 115 cm³/mol. The molecule has 0 spiro atoms. The molecule has 2 aromatic carbocycles. The highest BCUT2D eigenvalue weighted by Gasteiger charge is 2.22. The SMILES string of the molecule is Nc1ncnc(N2CCC(Cc3ccc(-c4ccc(F)cc4)cc3)CC2)c1Br. The summed E-state index contributed by atoms with van der Waals surface area (Å²) in [7, 11) is 0. The summed E-state index contributed by atoms with van der Waals surface area (Å²) in [5, 5.41) is 0. The summed E-state index contributed by atoms with van der Waals surface area (Å²) < 4.78 is 13.9. The van der Waals surface area contributed by atoms with Crippen LogP contribution in [0.1, 0.15) is 18.4 Å². The molecule has 144 valence electrons. The van der Waals surface area contributed by atoms with Gasteiger partial charge in [-0.3, -0.25) is 0 Å². The van der Waals surface area contributed by atoms with Gasteiger partial charge in [-0.1, -0.05) is 36.4 Å². The summed E-state index contributed by atoms with van der Waals surface area (Å²) in [6.45, 7) is 1.93. The zero-order chi connectivity index (χ0) is 19.5. The van der Waals surface area contributed by atoms with Crippen LogP contribution < -0.4 is 10.6 Å². The second-order valence-electron chi connectivity index (χ2n) is 7.23. The highest BCUT2D eigenvalue weighted by molar-refractivity contribution is 9.10. The number of nitrogen functional groups attached to an aromatic ring is 1. The molecule has 0 unspecified atom stereocenters. The molecule has 2 heterocycles. The second kappa shape index (κ2) is 8.27. The first-order chi connectivity index (χ1) is 13.6. The monoisotopic (exact) mass is 440 g/mol. The minimum atomic E-state index is -0.205. The average molecular weight is 441 g/mol. The van der Waals surface area contributed by atoms with Crippen molar-refractivity contribution in [3.63, 3.8) is 0 Å². The Morgan fingerprint density at radius 1 is 0.964 bits per heavy atom. The molecule has 4 nitrogen and oxygen atoms in total. The standard InChI is InChI=1S/C22H22BrFN4/c23-20-21(25)26-14-27-22(20)28-11-9-16(10-12-28)13-15-1-3-17(4-2-15)18-5-7-19(24)8-6-18/h1-8,14,16H,9-13H2,(H2,25,26,27). The molecule has 1 aliphatic rings. The van der Waals surface area contributed by atoms with E-state index < -0.39 is 0 Å². The number of benzene rings is 2. The van der Waals surface area contributed by atoms with Gasteiger partial charge in [-0.2, -0.15) is 0 Å². The maximum atomic E-state index is 13.1. The minimum absolute atomic E-state index is 0.205. The van der Waals surface area contributed by atoms with Crippen molar-refractivity contribution >= 4 is 27.6 Å². The van der Waals surface area contributed by atoms with Crippen molar-refractivity contribution in [2.75, 3.05) is 23.7 Å². The number of rotatable bonds is 4. The maximum absolute atomic E-state index is 13.1. The molecule has 1 aromatic heterocycles. The van der Waals surface area contributed by atoms with Crippen LogP contribution >= 0.6 is 15.9 Å². The second-order valence-corrected chi connectivity index (χ2v) is 8.03. The Labute approximate surface area is 172 Å². The fourth-order valence-corrected chi connectivity index (χ4v) is 4.21. The van der Waals surface area contributed by atoms with E-state index in [4.69, 9.17) is 5.73 Å². The van der Waals surface area contributed by atoms with Gasteiger partial charge < -0.3 is 10.6 Å². The van der Waals surface area contributed by atoms with Crippen LogP contribution in [-0.4, -0.2) is 23.1 Å². The van der Waals surface area contributed by atoms with E-state index in [0.29, 0.717) is 11.7 Å². The van der Waals surface area contributed by atoms with Crippen molar-refractivity contribution in [1.29, 1.82) is 0 Å². The van der Waals surface area contributed by atoms with Crippen LogP contribution in [0, 0.1) is 11.7 Å². The summed E-state index contributed by atoms with van der Waals surface area (Å²) in [6, 6.07) is 15.3. The van der Waals surface area contributed by atoms with E-state index in [1.807, 2.05) is 12.1 Å². The van der Waals surface area contributed by atoms with Gasteiger partial charge in [0, 0.05) is 13.1 Å². The Balaban J connectivity index is 1.36. The first kappa shape index (κ1) is 18.9. The summed E-state index contributed by atoms with van der Waals surface area (Å²) >= 11 is 3.50. The molecule has 0 saturated carbocycles. The Hall–Kier alpha value is -2.47. The van der Waals surface area contributed by atoms with E-state index in [1.54, 1.807) is 0 Å². The topological polar surface area (TPSA) is 55.0 Å². The molecule has 3 aromatic rings. The highest BCUT2D eigenvalue weighted by atomic mass is 79.9. The van der Waals surface area contributed by atoms with Gasteiger partial charge in [-0.05, 0) is 69.9 Å². The summed E-state index contributed by atoms with van der Waals surface area (Å²) in [4.78, 5) is 10.7. The van der Waals surface area contributed by atoms with E-state index in [1.165, 1.54) is 24.0 Å². The number of halogens is 2. The molecule has 28 heavy (non-hydrogen) atoms. The number of anilines is 2. The lowest BCUT2D eigenvalue weighted by Crippen LogP contribution is -2.35. The number of hydrogen-bond acceptors (Lipinski definition) is 4. The maximum Gasteiger partial charge on any atom is 0.148 e. The third-order valence-corrected chi connectivity index (χ3v) is 6.13. The van der Waals surface area contributed by atoms with E-state index >= 15 is 0 Å². The Morgan fingerprint density at radius 2 is 1.57 bits per heavy atom. The molecular weight excluding hydrogens is 419 g/mol. The fraction of sp³-hybridized carbons (Fsp3) is 0.273. The predicted octanol–water partition coefficient (Wildman–Crippen LogP) is 5.09. The van der Waals surface area contributed by atoms with Crippen LogP contribution in [0.25, 0.3) is 11.1 Å². The molecule has 4 rings (SSSR count). The van der Waals surface area contributed by atoms with Gasteiger partial charge >= 0.3 is 0 Å². The molecule has 0 bridgehead atoms. The van der Waals surface area contributed by atoms with Crippen molar-refractivity contribution in [2.45, 2.75) is 19.3 Å². The van der Waals surface area contributed by atoms with Gasteiger partial charge in [0.2, 0.25) is 0 Å². The molecule has 0 amide bonds. The highest BCUT2D eigenvalue weighted by Crippen LogP contribution is 2.31. The van der Waals surface area contributed by atoms with Crippen LogP contribution in [0.15, 0.2) is 59.3 Å². The van der Waals surface area contributed by atoms with Crippen LogP contribution in [0.5, 0.6) is 0 Å². The fourth-order valence-electron chi connectivity index (χ4n) is 3.75. The number of aromatic nitrogens is 2. The van der Waals surface area contributed by atoms with E-state index in [-0.39, 0.29) is 5.82 Å². The summed E-state index contributed by atoms with van der Waals surface area (Å²) in [5.74, 6) is 1.82. The van der Waals surface area contributed by atoms with Gasteiger partial charge in [-0.25, -0.2) is 14.4 Å².